The van der Waals surface area contributed by atoms with Gasteiger partial charge in [0.15, 0.2) is 0 Å². The van der Waals surface area contributed by atoms with E-state index in [2.05, 4.69) is 20.9 Å². The van der Waals surface area contributed by atoms with E-state index in [4.69, 9.17) is 0 Å². The van der Waals surface area contributed by atoms with Crippen LogP contribution < -0.4 is 0 Å². The maximum atomic E-state index is 9.73. The van der Waals surface area contributed by atoms with E-state index >= 15 is 0 Å². The fraction of sp³-hybridized carbons (Fsp3) is 0.444. The van der Waals surface area contributed by atoms with Crippen LogP contribution in [0.2, 0.25) is 0 Å². The first-order valence-electron chi connectivity index (χ1n) is 3.76. The molecule has 12 heavy (non-hydrogen) atoms. The molecule has 1 aromatic heterocycles. The van der Waals surface area contributed by atoms with Crippen molar-refractivity contribution < 1.29 is 5.11 Å². The molecule has 1 heterocycles. The molecule has 0 unspecified atom stereocenters. The van der Waals surface area contributed by atoms with Gasteiger partial charge in [0.1, 0.15) is 0 Å². The summed E-state index contributed by atoms with van der Waals surface area (Å²) in [5, 5.41) is 9.73. The van der Waals surface area contributed by atoms with Crippen LogP contribution in [0.5, 0.6) is 0 Å². The van der Waals surface area contributed by atoms with Crippen LogP contribution in [0.3, 0.4) is 0 Å². The lowest BCUT2D eigenvalue weighted by molar-refractivity contribution is 0.0774. The van der Waals surface area contributed by atoms with E-state index in [0.717, 1.165) is 15.6 Å². The zero-order valence-electron chi connectivity index (χ0n) is 7.43. The molecule has 1 N–H and O–H groups in total. The van der Waals surface area contributed by atoms with Gasteiger partial charge in [-0.15, -0.1) is 0 Å². The first-order chi connectivity index (χ1) is 5.43. The predicted molar refractivity (Wildman–Crippen MR) is 51.9 cm³/mol. The van der Waals surface area contributed by atoms with E-state index in [-0.39, 0.29) is 0 Å². The Labute approximate surface area is 80.8 Å². The summed E-state index contributed by atoms with van der Waals surface area (Å²) in [5.74, 6) is 0. The normalized spacial score (nSPS) is 11.8. The van der Waals surface area contributed by atoms with Gasteiger partial charge in [-0.25, -0.2) is 0 Å². The highest BCUT2D eigenvalue weighted by molar-refractivity contribution is 9.10. The van der Waals surface area contributed by atoms with Gasteiger partial charge in [0, 0.05) is 22.4 Å². The van der Waals surface area contributed by atoms with Crippen LogP contribution in [0, 0.1) is 6.92 Å². The summed E-state index contributed by atoms with van der Waals surface area (Å²) in [6.45, 7) is 5.46. The highest BCUT2D eigenvalue weighted by atomic mass is 79.9. The number of rotatable bonds is 1. The number of pyridine rings is 1. The highest BCUT2D eigenvalue weighted by Gasteiger charge is 2.19. The first-order valence-corrected chi connectivity index (χ1v) is 4.55. The van der Waals surface area contributed by atoms with Crippen molar-refractivity contribution in [3.8, 4) is 0 Å². The Morgan fingerprint density at radius 2 is 2.00 bits per heavy atom. The Hall–Kier alpha value is -0.410. The van der Waals surface area contributed by atoms with Gasteiger partial charge >= 0.3 is 0 Å². The lowest BCUT2D eigenvalue weighted by atomic mass is 9.96. The zero-order valence-corrected chi connectivity index (χ0v) is 9.01. The molecule has 66 valence electrons. The van der Waals surface area contributed by atoms with Crippen LogP contribution in [0.15, 0.2) is 16.9 Å². The third kappa shape index (κ3) is 1.84. The van der Waals surface area contributed by atoms with Crippen molar-refractivity contribution in [1.29, 1.82) is 0 Å². The molecule has 0 atom stereocenters. The molecule has 0 aliphatic carbocycles. The number of hydrogen-bond donors (Lipinski definition) is 1. The summed E-state index contributed by atoms with van der Waals surface area (Å²) < 4.78 is 0.933. The summed E-state index contributed by atoms with van der Waals surface area (Å²) in [6, 6.07) is 0. The molecule has 1 rings (SSSR count). The van der Waals surface area contributed by atoms with Gasteiger partial charge in [-0.05, 0) is 42.3 Å². The number of aromatic nitrogens is 1. The third-order valence-corrected chi connectivity index (χ3v) is 2.61. The summed E-state index contributed by atoms with van der Waals surface area (Å²) in [4.78, 5) is 4.00. The molecular weight excluding hydrogens is 218 g/mol. The Morgan fingerprint density at radius 1 is 1.42 bits per heavy atom. The Kier molecular flexibility index (Phi) is 2.54. The first kappa shape index (κ1) is 9.68. The molecule has 0 radical (unpaired) electrons. The average molecular weight is 230 g/mol. The number of hydrogen-bond acceptors (Lipinski definition) is 2. The maximum Gasteiger partial charge on any atom is 0.0858 e. The Morgan fingerprint density at radius 3 is 2.42 bits per heavy atom. The van der Waals surface area contributed by atoms with Crippen LogP contribution in [-0.2, 0) is 5.60 Å². The standard InChI is InChI=1S/C9H12BrNO/c1-6-7(9(2,3)12)4-11-5-8(6)10/h4-5,12H,1-3H3. The molecular formula is C9H12BrNO. The molecule has 0 aliphatic heterocycles. The predicted octanol–water partition coefficient (Wildman–Crippen LogP) is 2.38. The van der Waals surface area contributed by atoms with E-state index in [0.29, 0.717) is 0 Å². The SMILES string of the molecule is Cc1c(Br)cncc1C(C)(C)O. The Bertz CT molecular complexity index is 291. The van der Waals surface area contributed by atoms with Crippen LogP contribution >= 0.6 is 15.9 Å². The molecule has 0 saturated heterocycles. The quantitative estimate of drug-likeness (QED) is 0.803. The van der Waals surface area contributed by atoms with Gasteiger partial charge < -0.3 is 5.11 Å². The van der Waals surface area contributed by atoms with Crippen molar-refractivity contribution in [2.45, 2.75) is 26.4 Å². The second-order valence-corrected chi connectivity index (χ2v) is 4.21. The number of halogens is 1. The molecule has 1 aromatic rings. The molecule has 3 heteroatoms. The lowest BCUT2D eigenvalue weighted by Crippen LogP contribution is -2.17. The monoisotopic (exact) mass is 229 g/mol. The highest BCUT2D eigenvalue weighted by Crippen LogP contribution is 2.26. The van der Waals surface area contributed by atoms with Gasteiger partial charge in [-0.2, -0.15) is 0 Å². The molecule has 0 spiro atoms. The van der Waals surface area contributed by atoms with Crippen molar-refractivity contribution in [3.63, 3.8) is 0 Å². The van der Waals surface area contributed by atoms with Gasteiger partial charge in [0.2, 0.25) is 0 Å². The lowest BCUT2D eigenvalue weighted by Gasteiger charge is -2.20. The van der Waals surface area contributed by atoms with Crippen molar-refractivity contribution in [2.24, 2.45) is 0 Å². The van der Waals surface area contributed by atoms with Crippen LogP contribution in [0.25, 0.3) is 0 Å². The summed E-state index contributed by atoms with van der Waals surface area (Å²) >= 11 is 3.36. The molecule has 0 bridgehead atoms. The molecule has 0 aromatic carbocycles. The van der Waals surface area contributed by atoms with Gasteiger partial charge in [-0.1, -0.05) is 0 Å². The van der Waals surface area contributed by atoms with Gasteiger partial charge in [0.05, 0.1) is 5.60 Å². The summed E-state index contributed by atoms with van der Waals surface area (Å²) in [5.41, 5.74) is 1.08. The van der Waals surface area contributed by atoms with E-state index in [1.807, 2.05) is 6.92 Å². The summed E-state index contributed by atoms with van der Waals surface area (Å²) in [6.07, 6.45) is 3.42. The number of nitrogens with zero attached hydrogens (tertiary/aromatic N) is 1. The van der Waals surface area contributed by atoms with Crippen LogP contribution in [0.4, 0.5) is 0 Å². The minimum absolute atomic E-state index is 0.819. The fourth-order valence-electron chi connectivity index (χ4n) is 1.12. The van der Waals surface area contributed by atoms with Crippen LogP contribution in [-0.4, -0.2) is 10.1 Å². The summed E-state index contributed by atoms with van der Waals surface area (Å²) in [7, 11) is 0. The van der Waals surface area contributed by atoms with Crippen molar-refractivity contribution in [1.82, 2.24) is 4.98 Å². The fourth-order valence-corrected chi connectivity index (χ4v) is 1.45. The van der Waals surface area contributed by atoms with Crippen LogP contribution in [0.1, 0.15) is 25.0 Å². The van der Waals surface area contributed by atoms with Crippen molar-refractivity contribution in [3.05, 3.63) is 28.0 Å². The molecule has 0 amide bonds. The van der Waals surface area contributed by atoms with E-state index in [9.17, 15) is 5.11 Å². The molecule has 2 nitrogen and oxygen atoms in total. The van der Waals surface area contributed by atoms with E-state index in [1.165, 1.54) is 0 Å². The van der Waals surface area contributed by atoms with E-state index < -0.39 is 5.60 Å². The molecule has 0 saturated carbocycles. The smallest absolute Gasteiger partial charge is 0.0858 e. The second kappa shape index (κ2) is 3.15. The van der Waals surface area contributed by atoms with Gasteiger partial charge in [-0.3, -0.25) is 4.98 Å². The average Bonchev–Trinajstić information content (AvgIpc) is 1.92. The van der Waals surface area contributed by atoms with Crippen molar-refractivity contribution >= 4 is 15.9 Å². The Balaban J connectivity index is 3.26. The minimum atomic E-state index is -0.819. The van der Waals surface area contributed by atoms with Crippen molar-refractivity contribution in [2.75, 3.05) is 0 Å². The molecule has 0 fully saturated rings. The minimum Gasteiger partial charge on any atom is -0.386 e. The maximum absolute atomic E-state index is 9.73. The third-order valence-electron chi connectivity index (χ3n) is 1.81. The molecule has 0 aliphatic rings. The zero-order chi connectivity index (χ0) is 9.35. The number of aliphatic hydroxyl groups is 1. The van der Waals surface area contributed by atoms with Gasteiger partial charge in [0.25, 0.3) is 0 Å². The largest absolute Gasteiger partial charge is 0.386 e. The van der Waals surface area contributed by atoms with E-state index in [1.54, 1.807) is 26.2 Å². The second-order valence-electron chi connectivity index (χ2n) is 3.35. The topological polar surface area (TPSA) is 33.1 Å².